The van der Waals surface area contributed by atoms with Gasteiger partial charge in [-0.1, -0.05) is 0 Å². The molecule has 2 atom stereocenters. The lowest BCUT2D eigenvalue weighted by Crippen LogP contribution is -2.34. The summed E-state index contributed by atoms with van der Waals surface area (Å²) in [6.45, 7) is 1.23. The molecular formula is C16H16BrClN4O2S. The Morgan fingerprint density at radius 1 is 1.44 bits per heavy atom. The van der Waals surface area contributed by atoms with E-state index >= 15 is 0 Å². The minimum atomic E-state index is -0.140. The minimum Gasteiger partial charge on any atom is -0.467 e. The Balaban J connectivity index is 1.72. The maximum atomic E-state index is 6.26. The predicted octanol–water partition coefficient (Wildman–Crippen LogP) is 4.49. The Morgan fingerprint density at radius 2 is 2.32 bits per heavy atom. The number of aromatic nitrogens is 2. The number of thiophene rings is 1. The number of hydrogen-bond acceptors (Lipinski definition) is 7. The van der Waals surface area contributed by atoms with Crippen molar-refractivity contribution in [1.82, 2.24) is 9.97 Å². The summed E-state index contributed by atoms with van der Waals surface area (Å²) in [6, 6.07) is 3.72. The SMILES string of the molecule is N[C@@H]1CCCO[C@H]1c1sc2c(NCc3ccco3)nc(Cl)nc2c1Br. The highest BCUT2D eigenvalue weighted by Crippen LogP contribution is 2.44. The maximum Gasteiger partial charge on any atom is 0.225 e. The first-order valence-corrected chi connectivity index (χ1v) is 9.91. The van der Waals surface area contributed by atoms with E-state index in [9.17, 15) is 0 Å². The molecule has 1 aliphatic rings. The van der Waals surface area contributed by atoms with Gasteiger partial charge >= 0.3 is 0 Å². The fourth-order valence-corrected chi connectivity index (χ4v) is 5.18. The van der Waals surface area contributed by atoms with E-state index in [0.717, 1.165) is 44.8 Å². The fourth-order valence-electron chi connectivity index (χ4n) is 2.90. The summed E-state index contributed by atoms with van der Waals surface area (Å²) in [7, 11) is 0. The summed E-state index contributed by atoms with van der Waals surface area (Å²) in [5, 5.41) is 3.46. The Labute approximate surface area is 161 Å². The van der Waals surface area contributed by atoms with Crippen LogP contribution in [0.15, 0.2) is 27.3 Å². The zero-order chi connectivity index (χ0) is 17.4. The zero-order valence-electron chi connectivity index (χ0n) is 13.2. The Morgan fingerprint density at radius 3 is 3.08 bits per heavy atom. The van der Waals surface area contributed by atoms with E-state index < -0.39 is 0 Å². The van der Waals surface area contributed by atoms with Crippen molar-refractivity contribution in [3.8, 4) is 0 Å². The predicted molar refractivity (Wildman–Crippen MR) is 102 cm³/mol. The zero-order valence-corrected chi connectivity index (χ0v) is 16.3. The van der Waals surface area contributed by atoms with Gasteiger partial charge in [-0.3, -0.25) is 0 Å². The molecule has 25 heavy (non-hydrogen) atoms. The first-order chi connectivity index (χ1) is 12.1. The number of hydrogen-bond donors (Lipinski definition) is 2. The van der Waals surface area contributed by atoms with Crippen molar-refractivity contribution in [3.05, 3.63) is 38.8 Å². The molecule has 1 aliphatic heterocycles. The number of nitrogens with two attached hydrogens (primary N) is 1. The van der Waals surface area contributed by atoms with E-state index in [1.165, 1.54) is 0 Å². The first kappa shape index (κ1) is 17.2. The van der Waals surface area contributed by atoms with Crippen LogP contribution in [0.5, 0.6) is 0 Å². The molecule has 1 saturated heterocycles. The molecule has 1 fully saturated rings. The summed E-state index contributed by atoms with van der Waals surface area (Å²) >= 11 is 11.4. The number of fused-ring (bicyclic) bond motifs is 1. The second-order valence-electron chi connectivity index (χ2n) is 5.83. The quantitative estimate of drug-likeness (QED) is 0.578. The molecule has 0 bridgehead atoms. The van der Waals surface area contributed by atoms with Gasteiger partial charge in [-0.25, -0.2) is 4.98 Å². The Hall–Kier alpha value is -1.19. The normalized spacial score (nSPS) is 20.9. The summed E-state index contributed by atoms with van der Waals surface area (Å²) in [6.07, 6.45) is 3.43. The third-order valence-electron chi connectivity index (χ3n) is 4.11. The van der Waals surface area contributed by atoms with Crippen molar-refractivity contribution in [3.63, 3.8) is 0 Å². The Kier molecular flexibility index (Phi) is 4.97. The smallest absolute Gasteiger partial charge is 0.225 e. The van der Waals surface area contributed by atoms with E-state index in [1.54, 1.807) is 17.6 Å². The van der Waals surface area contributed by atoms with Crippen LogP contribution in [0.25, 0.3) is 10.2 Å². The lowest BCUT2D eigenvalue weighted by Gasteiger charge is -2.28. The van der Waals surface area contributed by atoms with Crippen LogP contribution in [-0.4, -0.2) is 22.6 Å². The van der Waals surface area contributed by atoms with Gasteiger partial charge in [0.25, 0.3) is 0 Å². The van der Waals surface area contributed by atoms with Crippen molar-refractivity contribution in [1.29, 1.82) is 0 Å². The molecule has 3 N–H and O–H groups in total. The van der Waals surface area contributed by atoms with Crippen molar-refractivity contribution < 1.29 is 9.15 Å². The molecule has 4 rings (SSSR count). The third-order valence-corrected chi connectivity index (χ3v) is 6.59. The lowest BCUT2D eigenvalue weighted by atomic mass is 10.0. The standard InChI is InChI=1S/C16H16BrClN4O2S/c17-10-11-14(25-13(10)12-9(19)4-2-6-24-12)15(22-16(18)21-11)20-7-8-3-1-5-23-8/h1,3,5,9,12H,2,4,6-7,19H2,(H,20,21,22)/t9-,12-/m1/s1. The van der Waals surface area contributed by atoms with Crippen LogP contribution in [-0.2, 0) is 11.3 Å². The van der Waals surface area contributed by atoms with Crippen LogP contribution in [0.3, 0.4) is 0 Å². The van der Waals surface area contributed by atoms with Gasteiger partial charge in [-0.2, -0.15) is 4.98 Å². The molecule has 6 nitrogen and oxygen atoms in total. The van der Waals surface area contributed by atoms with Gasteiger partial charge in [0.1, 0.15) is 23.2 Å². The molecule has 4 heterocycles. The van der Waals surface area contributed by atoms with Gasteiger partial charge in [-0.15, -0.1) is 11.3 Å². The molecule has 0 unspecified atom stereocenters. The highest BCUT2D eigenvalue weighted by atomic mass is 79.9. The van der Waals surface area contributed by atoms with Crippen molar-refractivity contribution in [2.24, 2.45) is 5.73 Å². The van der Waals surface area contributed by atoms with Crippen molar-refractivity contribution in [2.75, 3.05) is 11.9 Å². The Bertz CT molecular complexity index is 886. The lowest BCUT2D eigenvalue weighted by molar-refractivity contribution is 0.00202. The fraction of sp³-hybridized carbons (Fsp3) is 0.375. The van der Waals surface area contributed by atoms with Crippen LogP contribution in [0, 0.1) is 0 Å². The first-order valence-electron chi connectivity index (χ1n) is 7.92. The number of anilines is 1. The molecule has 0 radical (unpaired) electrons. The molecule has 0 spiro atoms. The summed E-state index contributed by atoms with van der Waals surface area (Å²) in [4.78, 5) is 9.75. The summed E-state index contributed by atoms with van der Waals surface area (Å²) in [5.41, 5.74) is 7.03. The molecule has 0 amide bonds. The van der Waals surface area contributed by atoms with Gasteiger partial charge in [-0.05, 0) is 52.5 Å². The number of nitrogens with zero attached hydrogens (tertiary/aromatic N) is 2. The summed E-state index contributed by atoms with van der Waals surface area (Å²) < 4.78 is 13.1. The average Bonchev–Trinajstić information content (AvgIpc) is 3.22. The highest BCUT2D eigenvalue weighted by Gasteiger charge is 2.30. The van der Waals surface area contributed by atoms with Crippen LogP contribution >= 0.6 is 38.9 Å². The number of halogens is 2. The van der Waals surface area contributed by atoms with Gasteiger partial charge in [0.15, 0.2) is 0 Å². The van der Waals surface area contributed by atoms with Crippen LogP contribution in [0.1, 0.15) is 29.6 Å². The largest absolute Gasteiger partial charge is 0.467 e. The number of ether oxygens (including phenoxy) is 1. The molecule has 0 aliphatic carbocycles. The number of furan rings is 1. The second-order valence-corrected chi connectivity index (χ2v) is 8.01. The van der Waals surface area contributed by atoms with E-state index in [0.29, 0.717) is 12.4 Å². The molecule has 3 aromatic rings. The third kappa shape index (κ3) is 3.41. The van der Waals surface area contributed by atoms with Gasteiger partial charge in [0.2, 0.25) is 5.28 Å². The van der Waals surface area contributed by atoms with Crippen molar-refractivity contribution in [2.45, 2.75) is 31.5 Å². The number of rotatable bonds is 4. The van der Waals surface area contributed by atoms with Crippen molar-refractivity contribution >= 4 is 54.9 Å². The number of nitrogens with one attached hydrogen (secondary N) is 1. The van der Waals surface area contributed by atoms with Crippen LogP contribution in [0.4, 0.5) is 5.82 Å². The molecule has 3 aromatic heterocycles. The minimum absolute atomic E-state index is 0.0268. The molecule has 0 aromatic carbocycles. The molecule has 9 heteroatoms. The van der Waals surface area contributed by atoms with E-state index in [1.807, 2.05) is 12.1 Å². The topological polar surface area (TPSA) is 86.2 Å². The molecule has 0 saturated carbocycles. The van der Waals surface area contributed by atoms with E-state index in [4.69, 9.17) is 26.5 Å². The maximum absolute atomic E-state index is 6.26. The molecule has 132 valence electrons. The van der Waals surface area contributed by atoms with E-state index in [2.05, 4.69) is 31.2 Å². The average molecular weight is 444 g/mol. The highest BCUT2D eigenvalue weighted by molar-refractivity contribution is 9.10. The van der Waals surface area contributed by atoms with Gasteiger partial charge < -0.3 is 20.2 Å². The second kappa shape index (κ2) is 7.20. The molecular weight excluding hydrogens is 428 g/mol. The summed E-state index contributed by atoms with van der Waals surface area (Å²) in [5.74, 6) is 1.49. The van der Waals surface area contributed by atoms with Gasteiger partial charge in [0.05, 0.1) is 26.9 Å². The van der Waals surface area contributed by atoms with E-state index in [-0.39, 0.29) is 17.4 Å². The monoisotopic (exact) mass is 442 g/mol. The van der Waals surface area contributed by atoms with Crippen LogP contribution < -0.4 is 11.1 Å². The van der Waals surface area contributed by atoms with Crippen LogP contribution in [0.2, 0.25) is 5.28 Å². The van der Waals surface area contributed by atoms with Gasteiger partial charge in [0, 0.05) is 12.6 Å².